The van der Waals surface area contributed by atoms with Gasteiger partial charge in [0.05, 0.1) is 6.54 Å². The van der Waals surface area contributed by atoms with E-state index < -0.39 is 0 Å². The van der Waals surface area contributed by atoms with E-state index in [1.165, 1.54) is 6.07 Å². The third kappa shape index (κ3) is 3.06. The Morgan fingerprint density at radius 2 is 2.29 bits per heavy atom. The summed E-state index contributed by atoms with van der Waals surface area (Å²) < 4.78 is 14.7. The van der Waals surface area contributed by atoms with E-state index in [-0.39, 0.29) is 5.13 Å². The molecule has 2 rings (SSSR count). The molecule has 1 N–H and O–H groups in total. The van der Waals surface area contributed by atoms with Crippen molar-refractivity contribution < 1.29 is 4.39 Å². The molecule has 0 saturated heterocycles. The van der Waals surface area contributed by atoms with Gasteiger partial charge >= 0.3 is 0 Å². The number of aromatic nitrogens is 2. The van der Waals surface area contributed by atoms with Crippen LogP contribution in [0.3, 0.4) is 0 Å². The van der Waals surface area contributed by atoms with E-state index in [0.29, 0.717) is 12.6 Å². The number of rotatable bonds is 5. The van der Waals surface area contributed by atoms with Gasteiger partial charge in [0.25, 0.3) is 0 Å². The van der Waals surface area contributed by atoms with Crippen molar-refractivity contribution in [1.82, 2.24) is 9.78 Å². The average molecular weight is 253 g/mol. The van der Waals surface area contributed by atoms with Gasteiger partial charge in [0.1, 0.15) is 5.82 Å². The third-order valence-corrected chi connectivity index (χ3v) is 3.60. The fourth-order valence-electron chi connectivity index (χ4n) is 1.49. The van der Waals surface area contributed by atoms with Crippen LogP contribution in [-0.2, 0) is 6.54 Å². The topological polar surface area (TPSA) is 29.9 Å². The number of nitrogens with one attached hydrogen (secondary N) is 1. The lowest BCUT2D eigenvalue weighted by Crippen LogP contribution is -2.05. The number of halogens is 1. The standard InChI is InChI=1S/C12H16FN3S/c1-3-9(2)16-7-6-12(15-16)14-8-10-4-5-11(13)17-10/h4-7,9H,3,8H2,1-2H3,(H,14,15)/t9-/m0/s1. The average Bonchev–Trinajstić information content (AvgIpc) is 2.94. The van der Waals surface area contributed by atoms with Gasteiger partial charge in [-0.3, -0.25) is 4.68 Å². The highest BCUT2D eigenvalue weighted by atomic mass is 32.1. The Morgan fingerprint density at radius 1 is 1.47 bits per heavy atom. The zero-order valence-electron chi connectivity index (χ0n) is 9.98. The van der Waals surface area contributed by atoms with Gasteiger partial charge in [0, 0.05) is 23.2 Å². The first-order valence-corrected chi connectivity index (χ1v) is 6.54. The van der Waals surface area contributed by atoms with E-state index in [4.69, 9.17) is 0 Å². The molecule has 17 heavy (non-hydrogen) atoms. The Kier molecular flexibility index (Phi) is 3.78. The highest BCUT2D eigenvalue weighted by Crippen LogP contribution is 2.16. The molecule has 0 aliphatic carbocycles. The largest absolute Gasteiger partial charge is 0.364 e. The normalized spacial score (nSPS) is 12.6. The summed E-state index contributed by atoms with van der Waals surface area (Å²) in [4.78, 5) is 0.973. The minimum absolute atomic E-state index is 0.146. The predicted molar refractivity (Wildman–Crippen MR) is 68.8 cm³/mol. The monoisotopic (exact) mass is 253 g/mol. The fourth-order valence-corrected chi connectivity index (χ4v) is 2.16. The van der Waals surface area contributed by atoms with Crippen molar-refractivity contribution in [2.75, 3.05) is 5.32 Å². The summed E-state index contributed by atoms with van der Waals surface area (Å²) in [6, 6.07) is 5.62. The molecule has 2 aromatic heterocycles. The molecule has 0 fully saturated rings. The minimum atomic E-state index is -0.146. The van der Waals surface area contributed by atoms with E-state index in [9.17, 15) is 4.39 Å². The molecule has 1 atom stereocenters. The van der Waals surface area contributed by atoms with Crippen LogP contribution in [0.5, 0.6) is 0 Å². The summed E-state index contributed by atoms with van der Waals surface area (Å²) in [7, 11) is 0. The van der Waals surface area contributed by atoms with Gasteiger partial charge in [0.15, 0.2) is 5.13 Å². The summed E-state index contributed by atoms with van der Waals surface area (Å²) >= 11 is 1.16. The van der Waals surface area contributed by atoms with E-state index in [1.54, 1.807) is 6.07 Å². The van der Waals surface area contributed by atoms with Crippen molar-refractivity contribution in [3.8, 4) is 0 Å². The molecule has 2 heterocycles. The molecule has 0 aliphatic rings. The smallest absolute Gasteiger partial charge is 0.176 e. The Balaban J connectivity index is 1.93. The fraction of sp³-hybridized carbons (Fsp3) is 0.417. The number of hydrogen-bond acceptors (Lipinski definition) is 3. The van der Waals surface area contributed by atoms with Gasteiger partial charge in [0.2, 0.25) is 0 Å². The number of thiophene rings is 1. The highest BCUT2D eigenvalue weighted by molar-refractivity contribution is 7.10. The van der Waals surface area contributed by atoms with Crippen molar-refractivity contribution >= 4 is 17.2 Å². The van der Waals surface area contributed by atoms with Crippen molar-refractivity contribution in [1.29, 1.82) is 0 Å². The van der Waals surface area contributed by atoms with Crippen LogP contribution in [0.2, 0.25) is 0 Å². The van der Waals surface area contributed by atoms with E-state index >= 15 is 0 Å². The molecular weight excluding hydrogens is 237 g/mol. The first-order chi connectivity index (χ1) is 8.19. The lowest BCUT2D eigenvalue weighted by atomic mass is 10.3. The minimum Gasteiger partial charge on any atom is -0.364 e. The molecule has 0 bridgehead atoms. The maximum absolute atomic E-state index is 12.8. The maximum atomic E-state index is 12.8. The van der Waals surface area contributed by atoms with E-state index in [1.807, 2.05) is 16.9 Å². The molecule has 0 radical (unpaired) electrons. The van der Waals surface area contributed by atoms with Crippen LogP contribution in [0, 0.1) is 5.13 Å². The summed E-state index contributed by atoms with van der Waals surface area (Å²) in [6.07, 6.45) is 3.02. The summed E-state index contributed by atoms with van der Waals surface area (Å²) in [5.41, 5.74) is 0. The molecule has 5 heteroatoms. The van der Waals surface area contributed by atoms with Gasteiger partial charge in [-0.05, 0) is 25.5 Å². The lowest BCUT2D eigenvalue weighted by molar-refractivity contribution is 0.479. The lowest BCUT2D eigenvalue weighted by Gasteiger charge is -2.08. The molecule has 0 amide bonds. The van der Waals surface area contributed by atoms with E-state index in [2.05, 4.69) is 24.3 Å². The molecule has 92 valence electrons. The first kappa shape index (κ1) is 12.1. The molecule has 2 aromatic rings. The second-order valence-corrected chi connectivity index (χ2v) is 5.12. The molecule has 0 saturated carbocycles. The van der Waals surface area contributed by atoms with Crippen molar-refractivity contribution in [3.05, 3.63) is 34.4 Å². The van der Waals surface area contributed by atoms with Gasteiger partial charge in [-0.15, -0.1) is 11.3 Å². The highest BCUT2D eigenvalue weighted by Gasteiger charge is 2.05. The quantitative estimate of drug-likeness (QED) is 0.881. The second-order valence-electron chi connectivity index (χ2n) is 4.00. The summed E-state index contributed by atoms with van der Waals surface area (Å²) in [5, 5.41) is 7.46. The maximum Gasteiger partial charge on any atom is 0.176 e. The number of nitrogens with zero attached hydrogens (tertiary/aromatic N) is 2. The van der Waals surface area contributed by atoms with Crippen LogP contribution >= 0.6 is 11.3 Å². The molecule has 0 spiro atoms. The predicted octanol–water partition coefficient (Wildman–Crippen LogP) is 3.67. The zero-order valence-corrected chi connectivity index (χ0v) is 10.8. The van der Waals surface area contributed by atoms with Gasteiger partial charge in [-0.2, -0.15) is 9.49 Å². The second kappa shape index (κ2) is 5.31. The van der Waals surface area contributed by atoms with Gasteiger partial charge in [-0.25, -0.2) is 0 Å². The van der Waals surface area contributed by atoms with Crippen molar-refractivity contribution in [2.45, 2.75) is 32.9 Å². The van der Waals surface area contributed by atoms with Crippen LogP contribution in [0.15, 0.2) is 24.4 Å². The molecule has 0 unspecified atom stereocenters. The molecule has 0 aromatic carbocycles. The Hall–Kier alpha value is -1.36. The van der Waals surface area contributed by atoms with Crippen molar-refractivity contribution in [3.63, 3.8) is 0 Å². The van der Waals surface area contributed by atoms with Crippen LogP contribution in [0.1, 0.15) is 31.2 Å². The summed E-state index contributed by atoms with van der Waals surface area (Å²) in [5.74, 6) is 0.833. The van der Waals surface area contributed by atoms with E-state index in [0.717, 1.165) is 28.5 Å². The van der Waals surface area contributed by atoms with Gasteiger partial charge in [-0.1, -0.05) is 6.92 Å². The summed E-state index contributed by atoms with van der Waals surface area (Å²) in [6.45, 7) is 4.88. The SMILES string of the molecule is CC[C@H](C)n1ccc(NCc2ccc(F)s2)n1. The molecular formula is C12H16FN3S. The first-order valence-electron chi connectivity index (χ1n) is 5.72. The van der Waals surface area contributed by atoms with Crippen LogP contribution in [-0.4, -0.2) is 9.78 Å². The number of anilines is 1. The van der Waals surface area contributed by atoms with Crippen LogP contribution in [0.4, 0.5) is 10.2 Å². The Morgan fingerprint density at radius 3 is 2.94 bits per heavy atom. The molecule has 3 nitrogen and oxygen atoms in total. The Bertz CT molecular complexity index is 478. The van der Waals surface area contributed by atoms with Crippen LogP contribution < -0.4 is 5.32 Å². The van der Waals surface area contributed by atoms with Gasteiger partial charge < -0.3 is 5.32 Å². The zero-order chi connectivity index (χ0) is 12.3. The van der Waals surface area contributed by atoms with Crippen molar-refractivity contribution in [2.24, 2.45) is 0 Å². The Labute approximate surface area is 104 Å². The van der Waals surface area contributed by atoms with Crippen LogP contribution in [0.25, 0.3) is 0 Å². The third-order valence-electron chi connectivity index (χ3n) is 2.72. The number of hydrogen-bond donors (Lipinski definition) is 1. The molecule has 0 aliphatic heterocycles.